The van der Waals surface area contributed by atoms with Crippen LogP contribution < -0.4 is 5.32 Å². The van der Waals surface area contributed by atoms with Crippen LogP contribution in [-0.4, -0.2) is 71.4 Å². The van der Waals surface area contributed by atoms with E-state index < -0.39 is 0 Å². The lowest BCUT2D eigenvalue weighted by Gasteiger charge is -2.36. The molecule has 1 fully saturated rings. The highest BCUT2D eigenvalue weighted by molar-refractivity contribution is 14.0. The van der Waals surface area contributed by atoms with Gasteiger partial charge in [-0.15, -0.1) is 24.0 Å². The molecule has 1 aliphatic rings. The molecule has 7 heteroatoms. The summed E-state index contributed by atoms with van der Waals surface area (Å²) in [5.74, 6) is 1.05. The molecular formula is C23H35IN6. The molecule has 0 saturated carbocycles. The van der Waals surface area contributed by atoms with Crippen molar-refractivity contribution in [3.63, 3.8) is 0 Å². The van der Waals surface area contributed by atoms with E-state index in [1.807, 2.05) is 17.9 Å². The zero-order valence-corrected chi connectivity index (χ0v) is 20.5. The number of hydrogen-bond donors (Lipinski definition) is 1. The van der Waals surface area contributed by atoms with E-state index in [2.05, 4.69) is 75.8 Å². The Balaban J connectivity index is 0.00000320. The topological polar surface area (TPSA) is 48.7 Å². The van der Waals surface area contributed by atoms with Crippen molar-refractivity contribution in [1.82, 2.24) is 24.9 Å². The molecular weight excluding hydrogens is 487 g/mol. The predicted molar refractivity (Wildman–Crippen MR) is 136 cm³/mol. The zero-order valence-electron chi connectivity index (χ0n) is 18.2. The molecule has 1 aromatic heterocycles. The smallest absolute Gasteiger partial charge is 0.194 e. The summed E-state index contributed by atoms with van der Waals surface area (Å²) in [4.78, 5) is 9.75. The van der Waals surface area contributed by atoms with Crippen LogP contribution >= 0.6 is 24.0 Å². The number of piperazine rings is 1. The van der Waals surface area contributed by atoms with Crippen molar-refractivity contribution in [3.8, 4) is 0 Å². The fraction of sp³-hybridized carbons (Fsp3) is 0.478. The molecule has 1 aliphatic heterocycles. The molecule has 0 bridgehead atoms. The number of rotatable bonds is 8. The summed E-state index contributed by atoms with van der Waals surface area (Å²) in [6, 6.07) is 10.5. The predicted octanol–water partition coefficient (Wildman–Crippen LogP) is 3.27. The van der Waals surface area contributed by atoms with Crippen molar-refractivity contribution in [2.45, 2.75) is 19.8 Å². The van der Waals surface area contributed by atoms with E-state index in [4.69, 9.17) is 4.99 Å². The molecule has 0 radical (unpaired) electrons. The van der Waals surface area contributed by atoms with Gasteiger partial charge >= 0.3 is 0 Å². The van der Waals surface area contributed by atoms with Gasteiger partial charge in [0.2, 0.25) is 0 Å². The molecule has 1 N–H and O–H groups in total. The molecule has 1 aromatic carbocycles. The molecule has 30 heavy (non-hydrogen) atoms. The number of halogens is 1. The SMILES string of the molecule is CCNC(=NCCCc1cnn(C)c1)N1CCN(CC=Cc2ccccc2)CC1.I. The average Bonchev–Trinajstić information content (AvgIpc) is 3.17. The van der Waals surface area contributed by atoms with Gasteiger partial charge in [-0.1, -0.05) is 42.5 Å². The summed E-state index contributed by atoms with van der Waals surface area (Å²) in [7, 11) is 1.96. The van der Waals surface area contributed by atoms with Crippen LogP contribution in [0.1, 0.15) is 24.5 Å². The van der Waals surface area contributed by atoms with Crippen molar-refractivity contribution in [3.05, 3.63) is 59.9 Å². The summed E-state index contributed by atoms with van der Waals surface area (Å²) < 4.78 is 1.86. The van der Waals surface area contributed by atoms with Gasteiger partial charge in [0.15, 0.2) is 5.96 Å². The minimum absolute atomic E-state index is 0. The number of guanidine groups is 1. The van der Waals surface area contributed by atoms with E-state index in [-0.39, 0.29) is 24.0 Å². The molecule has 0 aliphatic carbocycles. The highest BCUT2D eigenvalue weighted by Gasteiger charge is 2.18. The second-order valence-corrected chi connectivity index (χ2v) is 7.46. The van der Waals surface area contributed by atoms with Crippen LogP contribution in [0, 0.1) is 0 Å². The normalized spacial score (nSPS) is 15.4. The van der Waals surface area contributed by atoms with Crippen molar-refractivity contribution >= 4 is 36.0 Å². The molecule has 2 heterocycles. The second-order valence-electron chi connectivity index (χ2n) is 7.46. The third-order valence-corrected chi connectivity index (χ3v) is 5.12. The number of hydrogen-bond acceptors (Lipinski definition) is 3. The lowest BCUT2D eigenvalue weighted by atomic mass is 10.2. The summed E-state index contributed by atoms with van der Waals surface area (Å²) in [6.07, 6.45) is 10.6. The van der Waals surface area contributed by atoms with Gasteiger partial charge in [-0.25, -0.2) is 0 Å². The Morgan fingerprint density at radius 1 is 1.17 bits per heavy atom. The first-order valence-electron chi connectivity index (χ1n) is 10.7. The maximum absolute atomic E-state index is 4.86. The van der Waals surface area contributed by atoms with Gasteiger partial charge in [0, 0.05) is 59.1 Å². The van der Waals surface area contributed by atoms with Crippen LogP contribution in [0.4, 0.5) is 0 Å². The van der Waals surface area contributed by atoms with Gasteiger partial charge in [0.25, 0.3) is 0 Å². The van der Waals surface area contributed by atoms with Gasteiger partial charge in [0.05, 0.1) is 6.20 Å². The van der Waals surface area contributed by atoms with Gasteiger partial charge in [-0.3, -0.25) is 14.6 Å². The minimum atomic E-state index is 0. The first-order valence-corrected chi connectivity index (χ1v) is 10.7. The van der Waals surface area contributed by atoms with Gasteiger partial charge in [-0.2, -0.15) is 5.10 Å². The molecule has 0 unspecified atom stereocenters. The Bertz CT molecular complexity index is 778. The zero-order chi connectivity index (χ0) is 20.3. The Kier molecular flexibility index (Phi) is 10.9. The fourth-order valence-corrected chi connectivity index (χ4v) is 3.54. The number of aliphatic imine (C=N–C) groups is 1. The number of nitrogens with one attached hydrogen (secondary N) is 1. The number of aromatic nitrogens is 2. The van der Waals surface area contributed by atoms with Gasteiger partial charge in [-0.05, 0) is 30.9 Å². The largest absolute Gasteiger partial charge is 0.357 e. The lowest BCUT2D eigenvalue weighted by molar-refractivity contribution is 0.194. The third-order valence-electron chi connectivity index (χ3n) is 5.12. The van der Waals surface area contributed by atoms with Crippen molar-refractivity contribution < 1.29 is 0 Å². The lowest BCUT2D eigenvalue weighted by Crippen LogP contribution is -2.52. The van der Waals surface area contributed by atoms with Crippen LogP contribution in [0.2, 0.25) is 0 Å². The van der Waals surface area contributed by atoms with E-state index in [1.165, 1.54) is 11.1 Å². The number of benzene rings is 1. The molecule has 2 aromatic rings. The van der Waals surface area contributed by atoms with Crippen LogP contribution in [0.25, 0.3) is 6.08 Å². The van der Waals surface area contributed by atoms with E-state index >= 15 is 0 Å². The van der Waals surface area contributed by atoms with Crippen LogP contribution in [0.15, 0.2) is 53.8 Å². The van der Waals surface area contributed by atoms with E-state index in [9.17, 15) is 0 Å². The van der Waals surface area contributed by atoms with E-state index in [0.29, 0.717) is 0 Å². The molecule has 164 valence electrons. The Morgan fingerprint density at radius 2 is 1.93 bits per heavy atom. The van der Waals surface area contributed by atoms with Crippen LogP contribution in [-0.2, 0) is 13.5 Å². The average molecular weight is 522 g/mol. The summed E-state index contributed by atoms with van der Waals surface area (Å²) in [5.41, 5.74) is 2.55. The van der Waals surface area contributed by atoms with Crippen molar-refractivity contribution in [2.75, 3.05) is 45.8 Å². The quantitative estimate of drug-likeness (QED) is 0.250. The fourth-order valence-electron chi connectivity index (χ4n) is 3.54. The Labute approximate surface area is 198 Å². The standard InChI is InChI=1S/C23H34N6.HI/c1-3-24-23(25-13-7-11-22-19-26-27(2)20-22)29-17-15-28(16-18-29)14-8-12-21-9-5-4-6-10-21;/h4-6,8-10,12,19-20H,3,7,11,13-18H2,1-2H3,(H,24,25);1H. The first-order chi connectivity index (χ1) is 14.2. The second kappa shape index (κ2) is 13.4. The summed E-state index contributed by atoms with van der Waals surface area (Å²) in [5, 5.41) is 7.69. The molecule has 0 atom stereocenters. The highest BCUT2D eigenvalue weighted by atomic mass is 127. The van der Waals surface area contributed by atoms with Gasteiger partial charge < -0.3 is 10.2 Å². The van der Waals surface area contributed by atoms with Crippen molar-refractivity contribution in [2.24, 2.45) is 12.0 Å². The van der Waals surface area contributed by atoms with Crippen LogP contribution in [0.3, 0.4) is 0 Å². The monoisotopic (exact) mass is 522 g/mol. The third kappa shape index (κ3) is 8.10. The molecule has 0 spiro atoms. The molecule has 1 saturated heterocycles. The van der Waals surface area contributed by atoms with Crippen molar-refractivity contribution in [1.29, 1.82) is 0 Å². The summed E-state index contributed by atoms with van der Waals surface area (Å²) in [6.45, 7) is 9.07. The van der Waals surface area contributed by atoms with E-state index in [0.717, 1.165) is 64.6 Å². The first kappa shape index (κ1) is 24.4. The Morgan fingerprint density at radius 3 is 2.60 bits per heavy atom. The minimum Gasteiger partial charge on any atom is -0.357 e. The van der Waals surface area contributed by atoms with Crippen LogP contribution in [0.5, 0.6) is 0 Å². The molecule has 6 nitrogen and oxygen atoms in total. The maximum Gasteiger partial charge on any atom is 0.194 e. The maximum atomic E-state index is 4.86. The molecule has 3 rings (SSSR count). The highest BCUT2D eigenvalue weighted by Crippen LogP contribution is 2.06. The molecule has 0 amide bonds. The van der Waals surface area contributed by atoms with Gasteiger partial charge in [0.1, 0.15) is 0 Å². The Hall–Kier alpha value is -1.87. The number of nitrogens with zero attached hydrogens (tertiary/aromatic N) is 5. The van der Waals surface area contributed by atoms with E-state index in [1.54, 1.807) is 0 Å². The number of aryl methyl sites for hydroxylation is 2. The summed E-state index contributed by atoms with van der Waals surface area (Å²) >= 11 is 0.